The lowest BCUT2D eigenvalue weighted by atomic mass is 9.95. The molecule has 1 aliphatic heterocycles. The highest BCUT2D eigenvalue weighted by Crippen LogP contribution is 2.31. The Labute approximate surface area is 82.1 Å². The largest absolute Gasteiger partial charge is 0.310 e. The Hall–Kier alpha value is -1.42. The summed E-state index contributed by atoms with van der Waals surface area (Å²) in [5.74, 6) is 0. The number of nitro benzene ring substituents is 1. The standard InChI is InChI=1S/C10H12N2O2/c1-7-2-3-10(12(13)14)8(6-7)9-4-5-11-9/h2-3,6,9,11H,4-5H2,1H3. The van der Waals surface area contributed by atoms with Gasteiger partial charge in [0, 0.05) is 17.7 Å². The first kappa shape index (κ1) is 9.15. The summed E-state index contributed by atoms with van der Waals surface area (Å²) < 4.78 is 0. The third-order valence-electron chi connectivity index (χ3n) is 2.58. The van der Waals surface area contributed by atoms with Gasteiger partial charge in [-0.1, -0.05) is 11.6 Å². The maximum atomic E-state index is 10.8. The predicted octanol–water partition coefficient (Wildman–Crippen LogP) is 1.94. The van der Waals surface area contributed by atoms with E-state index in [9.17, 15) is 10.1 Å². The van der Waals surface area contributed by atoms with E-state index in [0.29, 0.717) is 0 Å². The molecule has 0 aromatic heterocycles. The lowest BCUT2D eigenvalue weighted by Crippen LogP contribution is -2.35. The van der Waals surface area contributed by atoms with E-state index in [1.807, 2.05) is 13.0 Å². The van der Waals surface area contributed by atoms with E-state index in [-0.39, 0.29) is 16.7 Å². The fourth-order valence-electron chi connectivity index (χ4n) is 1.67. The Morgan fingerprint density at radius 2 is 2.29 bits per heavy atom. The molecule has 1 aromatic rings. The van der Waals surface area contributed by atoms with Crippen LogP contribution < -0.4 is 5.32 Å². The Morgan fingerprint density at radius 1 is 1.57 bits per heavy atom. The molecule has 1 aromatic carbocycles. The maximum Gasteiger partial charge on any atom is 0.274 e. The second kappa shape index (κ2) is 3.38. The van der Waals surface area contributed by atoms with Crippen LogP contribution in [0, 0.1) is 17.0 Å². The molecule has 1 N–H and O–H groups in total. The minimum absolute atomic E-state index is 0.176. The normalized spacial score (nSPS) is 20.2. The van der Waals surface area contributed by atoms with Gasteiger partial charge in [-0.15, -0.1) is 0 Å². The van der Waals surface area contributed by atoms with E-state index >= 15 is 0 Å². The molecule has 0 spiro atoms. The third kappa shape index (κ3) is 1.48. The first-order valence-corrected chi connectivity index (χ1v) is 4.67. The number of nitro groups is 1. The van der Waals surface area contributed by atoms with Gasteiger partial charge < -0.3 is 5.32 Å². The molecule has 0 amide bonds. The number of hydrogen-bond donors (Lipinski definition) is 1. The summed E-state index contributed by atoms with van der Waals surface area (Å²) in [5, 5.41) is 13.9. The van der Waals surface area contributed by atoms with Crippen LogP contribution >= 0.6 is 0 Å². The summed E-state index contributed by atoms with van der Waals surface area (Å²) in [7, 11) is 0. The van der Waals surface area contributed by atoms with Crippen molar-refractivity contribution in [3.05, 3.63) is 39.4 Å². The van der Waals surface area contributed by atoms with Gasteiger partial charge in [-0.2, -0.15) is 0 Å². The van der Waals surface area contributed by atoms with Gasteiger partial charge in [-0.3, -0.25) is 10.1 Å². The first-order valence-electron chi connectivity index (χ1n) is 4.67. The molecule has 0 saturated carbocycles. The number of nitrogens with one attached hydrogen (secondary N) is 1. The van der Waals surface area contributed by atoms with Gasteiger partial charge in [-0.05, 0) is 26.0 Å². The molecule has 1 atom stereocenters. The molecule has 1 saturated heterocycles. The summed E-state index contributed by atoms with van der Waals surface area (Å²) in [6.45, 7) is 2.90. The molecule has 74 valence electrons. The molecule has 4 heteroatoms. The summed E-state index contributed by atoms with van der Waals surface area (Å²) >= 11 is 0. The number of aryl methyl sites for hydroxylation is 1. The van der Waals surface area contributed by atoms with Gasteiger partial charge in [-0.25, -0.2) is 0 Å². The Kier molecular flexibility index (Phi) is 2.21. The fraction of sp³-hybridized carbons (Fsp3) is 0.400. The van der Waals surface area contributed by atoms with Gasteiger partial charge in [0.2, 0.25) is 0 Å². The second-order valence-corrected chi connectivity index (χ2v) is 3.61. The average Bonchev–Trinajstić information content (AvgIpc) is 2.00. The molecule has 0 bridgehead atoms. The van der Waals surface area contributed by atoms with Crippen molar-refractivity contribution in [1.29, 1.82) is 0 Å². The van der Waals surface area contributed by atoms with Crippen LogP contribution in [0.25, 0.3) is 0 Å². The van der Waals surface area contributed by atoms with Crippen LogP contribution in [0.2, 0.25) is 0 Å². The van der Waals surface area contributed by atoms with Crippen LogP contribution in [0.15, 0.2) is 18.2 Å². The third-order valence-corrected chi connectivity index (χ3v) is 2.58. The quantitative estimate of drug-likeness (QED) is 0.575. The zero-order valence-corrected chi connectivity index (χ0v) is 7.99. The molecular weight excluding hydrogens is 180 g/mol. The van der Waals surface area contributed by atoms with Gasteiger partial charge in [0.1, 0.15) is 0 Å². The lowest BCUT2D eigenvalue weighted by molar-refractivity contribution is -0.385. The van der Waals surface area contributed by atoms with E-state index in [1.54, 1.807) is 12.1 Å². The Balaban J connectivity index is 2.42. The number of benzene rings is 1. The predicted molar refractivity (Wildman–Crippen MR) is 53.2 cm³/mol. The number of hydrogen-bond acceptors (Lipinski definition) is 3. The van der Waals surface area contributed by atoms with Gasteiger partial charge in [0.15, 0.2) is 0 Å². The summed E-state index contributed by atoms with van der Waals surface area (Å²) in [4.78, 5) is 10.4. The smallest absolute Gasteiger partial charge is 0.274 e. The van der Waals surface area contributed by atoms with Gasteiger partial charge in [0.25, 0.3) is 5.69 Å². The van der Waals surface area contributed by atoms with E-state index in [1.165, 1.54) is 0 Å². The molecular formula is C10H12N2O2. The van der Waals surface area contributed by atoms with E-state index in [2.05, 4.69) is 5.32 Å². The number of rotatable bonds is 2. The van der Waals surface area contributed by atoms with Crippen molar-refractivity contribution in [2.75, 3.05) is 6.54 Å². The van der Waals surface area contributed by atoms with Crippen LogP contribution in [-0.4, -0.2) is 11.5 Å². The molecule has 1 unspecified atom stereocenters. The zero-order chi connectivity index (χ0) is 10.1. The molecule has 4 nitrogen and oxygen atoms in total. The van der Waals surface area contributed by atoms with Crippen LogP contribution in [0.4, 0.5) is 5.69 Å². The van der Waals surface area contributed by atoms with Crippen LogP contribution in [0.3, 0.4) is 0 Å². The highest BCUT2D eigenvalue weighted by Gasteiger charge is 2.26. The molecule has 14 heavy (non-hydrogen) atoms. The molecule has 0 radical (unpaired) electrons. The monoisotopic (exact) mass is 192 g/mol. The first-order chi connectivity index (χ1) is 6.68. The zero-order valence-electron chi connectivity index (χ0n) is 7.99. The van der Waals surface area contributed by atoms with E-state index in [0.717, 1.165) is 24.1 Å². The van der Waals surface area contributed by atoms with Crippen LogP contribution in [0.1, 0.15) is 23.6 Å². The second-order valence-electron chi connectivity index (χ2n) is 3.61. The van der Waals surface area contributed by atoms with Crippen molar-refractivity contribution in [2.45, 2.75) is 19.4 Å². The Morgan fingerprint density at radius 3 is 2.79 bits per heavy atom. The molecule has 2 rings (SSSR count). The summed E-state index contributed by atoms with van der Waals surface area (Å²) in [6, 6.07) is 5.44. The number of nitrogens with zero attached hydrogens (tertiary/aromatic N) is 1. The minimum atomic E-state index is -0.311. The highest BCUT2D eigenvalue weighted by atomic mass is 16.6. The van der Waals surface area contributed by atoms with Gasteiger partial charge >= 0.3 is 0 Å². The van der Waals surface area contributed by atoms with Crippen molar-refractivity contribution in [2.24, 2.45) is 0 Å². The van der Waals surface area contributed by atoms with Crippen molar-refractivity contribution in [3.63, 3.8) is 0 Å². The fourth-order valence-corrected chi connectivity index (χ4v) is 1.67. The molecule has 1 fully saturated rings. The van der Waals surface area contributed by atoms with Crippen molar-refractivity contribution >= 4 is 5.69 Å². The Bertz CT molecular complexity index is 372. The van der Waals surface area contributed by atoms with Crippen molar-refractivity contribution < 1.29 is 4.92 Å². The van der Waals surface area contributed by atoms with Crippen molar-refractivity contribution in [3.8, 4) is 0 Å². The van der Waals surface area contributed by atoms with Crippen molar-refractivity contribution in [1.82, 2.24) is 5.32 Å². The molecule has 1 heterocycles. The van der Waals surface area contributed by atoms with Crippen LogP contribution in [-0.2, 0) is 0 Å². The topological polar surface area (TPSA) is 55.2 Å². The minimum Gasteiger partial charge on any atom is -0.310 e. The highest BCUT2D eigenvalue weighted by molar-refractivity contribution is 5.45. The summed E-state index contributed by atoms with van der Waals surface area (Å²) in [5.41, 5.74) is 2.12. The van der Waals surface area contributed by atoms with E-state index in [4.69, 9.17) is 0 Å². The maximum absolute atomic E-state index is 10.8. The molecule has 1 aliphatic rings. The van der Waals surface area contributed by atoms with Gasteiger partial charge in [0.05, 0.1) is 4.92 Å². The molecule has 0 aliphatic carbocycles. The lowest BCUT2D eigenvalue weighted by Gasteiger charge is -2.27. The van der Waals surface area contributed by atoms with Crippen LogP contribution in [0.5, 0.6) is 0 Å². The SMILES string of the molecule is Cc1ccc([N+](=O)[O-])c(C2CCN2)c1. The summed E-state index contributed by atoms with van der Waals surface area (Å²) in [6.07, 6.45) is 0.990. The van der Waals surface area contributed by atoms with E-state index < -0.39 is 0 Å². The average molecular weight is 192 g/mol.